The summed E-state index contributed by atoms with van der Waals surface area (Å²) in [5.74, 6) is 0. The molecule has 0 aliphatic carbocycles. The summed E-state index contributed by atoms with van der Waals surface area (Å²) >= 11 is 3.94. The van der Waals surface area contributed by atoms with Crippen LogP contribution in [0.25, 0.3) is 10.8 Å². The zero-order chi connectivity index (χ0) is 13.3. The van der Waals surface area contributed by atoms with Crippen LogP contribution in [0.4, 0.5) is 0 Å². The number of fused-ring (bicyclic) bond motifs is 1. The summed E-state index contributed by atoms with van der Waals surface area (Å²) in [6.45, 7) is 9.12. The van der Waals surface area contributed by atoms with Gasteiger partial charge in [-0.2, -0.15) is 0 Å². The molecule has 0 spiro atoms. The molecule has 2 aromatic carbocycles. The van der Waals surface area contributed by atoms with Crippen molar-refractivity contribution < 1.29 is 0 Å². The second-order valence-electron chi connectivity index (χ2n) is 5.72. The fraction of sp³-hybridized carbons (Fsp3) is 0.412. The first-order valence-corrected chi connectivity index (χ1v) is 7.51. The molecule has 0 aliphatic heterocycles. The van der Waals surface area contributed by atoms with Crippen LogP contribution in [-0.4, -0.2) is 0 Å². The minimum atomic E-state index is 0.259. The van der Waals surface area contributed by atoms with Gasteiger partial charge >= 0.3 is 0 Å². The number of halogens is 1. The van der Waals surface area contributed by atoms with E-state index in [4.69, 9.17) is 0 Å². The second kappa shape index (κ2) is 5.05. The van der Waals surface area contributed by atoms with E-state index in [0.717, 1.165) is 6.42 Å². The van der Waals surface area contributed by atoms with Crippen LogP contribution in [0.15, 0.2) is 36.4 Å². The van der Waals surface area contributed by atoms with Crippen LogP contribution in [0.5, 0.6) is 0 Å². The van der Waals surface area contributed by atoms with Gasteiger partial charge < -0.3 is 0 Å². The SMILES string of the molecule is CCC(C)(C)C(Br)c1c(C)ccc2ccccc12. The van der Waals surface area contributed by atoms with Crippen molar-refractivity contribution in [3.63, 3.8) is 0 Å². The Labute approximate surface area is 119 Å². The average molecular weight is 305 g/mol. The molecule has 1 unspecified atom stereocenters. The largest absolute Gasteiger partial charge is 0.0833 e. The van der Waals surface area contributed by atoms with Gasteiger partial charge in [0.2, 0.25) is 0 Å². The van der Waals surface area contributed by atoms with E-state index in [1.165, 1.54) is 21.9 Å². The van der Waals surface area contributed by atoms with Crippen molar-refractivity contribution in [2.24, 2.45) is 5.41 Å². The maximum absolute atomic E-state index is 3.94. The van der Waals surface area contributed by atoms with Gasteiger partial charge in [0.15, 0.2) is 0 Å². The number of aryl methyl sites for hydroxylation is 1. The molecule has 0 saturated heterocycles. The van der Waals surface area contributed by atoms with Crippen molar-refractivity contribution in [3.05, 3.63) is 47.5 Å². The van der Waals surface area contributed by atoms with Crippen molar-refractivity contribution in [3.8, 4) is 0 Å². The fourth-order valence-electron chi connectivity index (χ4n) is 2.31. The Balaban J connectivity index is 2.66. The van der Waals surface area contributed by atoms with Crippen molar-refractivity contribution in [1.82, 2.24) is 0 Å². The van der Waals surface area contributed by atoms with E-state index in [-0.39, 0.29) is 5.41 Å². The Morgan fingerprint density at radius 1 is 1.11 bits per heavy atom. The van der Waals surface area contributed by atoms with Crippen LogP contribution < -0.4 is 0 Å². The van der Waals surface area contributed by atoms with Crippen LogP contribution in [0.2, 0.25) is 0 Å². The quantitative estimate of drug-likeness (QED) is 0.608. The summed E-state index contributed by atoms with van der Waals surface area (Å²) in [6.07, 6.45) is 1.16. The molecule has 2 rings (SSSR count). The molecule has 0 aliphatic rings. The Morgan fingerprint density at radius 3 is 2.44 bits per heavy atom. The van der Waals surface area contributed by atoms with E-state index in [1.807, 2.05) is 0 Å². The van der Waals surface area contributed by atoms with E-state index in [1.54, 1.807) is 0 Å². The predicted molar refractivity (Wildman–Crippen MR) is 84.4 cm³/mol. The maximum Gasteiger partial charge on any atom is 0.0454 e. The minimum Gasteiger partial charge on any atom is -0.0833 e. The molecule has 0 fully saturated rings. The van der Waals surface area contributed by atoms with Gasteiger partial charge in [-0.05, 0) is 40.7 Å². The molecule has 2 aromatic rings. The van der Waals surface area contributed by atoms with Crippen LogP contribution in [0.3, 0.4) is 0 Å². The summed E-state index contributed by atoms with van der Waals surface area (Å²) in [6, 6.07) is 13.1. The van der Waals surface area contributed by atoms with Gasteiger partial charge in [-0.15, -0.1) is 0 Å². The molecule has 1 heteroatoms. The normalized spacial score (nSPS) is 13.8. The van der Waals surface area contributed by atoms with Crippen molar-refractivity contribution in [1.29, 1.82) is 0 Å². The van der Waals surface area contributed by atoms with Gasteiger partial charge in [0.05, 0.1) is 0 Å². The maximum atomic E-state index is 3.94. The predicted octanol–water partition coefficient (Wildman–Crippen LogP) is 6.02. The van der Waals surface area contributed by atoms with Gasteiger partial charge in [0.25, 0.3) is 0 Å². The van der Waals surface area contributed by atoms with Gasteiger partial charge in [0.1, 0.15) is 0 Å². The van der Waals surface area contributed by atoms with Crippen LogP contribution in [0, 0.1) is 12.3 Å². The lowest BCUT2D eigenvalue weighted by molar-refractivity contribution is 0.346. The molecule has 0 nitrogen and oxygen atoms in total. The molecule has 0 heterocycles. The smallest absolute Gasteiger partial charge is 0.0454 e. The zero-order valence-corrected chi connectivity index (χ0v) is 13.2. The number of benzene rings is 2. The third-order valence-electron chi connectivity index (χ3n) is 4.04. The topological polar surface area (TPSA) is 0 Å². The molecule has 0 amide bonds. The summed E-state index contributed by atoms with van der Waals surface area (Å²) < 4.78 is 0. The summed E-state index contributed by atoms with van der Waals surface area (Å²) in [5.41, 5.74) is 3.08. The van der Waals surface area contributed by atoms with Gasteiger partial charge in [-0.25, -0.2) is 0 Å². The monoisotopic (exact) mass is 304 g/mol. The lowest BCUT2D eigenvalue weighted by atomic mass is 9.80. The number of alkyl halides is 1. The molecule has 18 heavy (non-hydrogen) atoms. The second-order valence-corrected chi connectivity index (χ2v) is 6.64. The molecular weight excluding hydrogens is 284 g/mol. The van der Waals surface area contributed by atoms with E-state index in [0.29, 0.717) is 4.83 Å². The molecule has 0 N–H and O–H groups in total. The van der Waals surface area contributed by atoms with E-state index >= 15 is 0 Å². The Hall–Kier alpha value is -0.820. The van der Waals surface area contributed by atoms with E-state index in [9.17, 15) is 0 Å². The highest BCUT2D eigenvalue weighted by molar-refractivity contribution is 9.09. The lowest BCUT2D eigenvalue weighted by Gasteiger charge is -2.31. The first kappa shape index (κ1) is 13.6. The van der Waals surface area contributed by atoms with Crippen molar-refractivity contribution in [2.45, 2.75) is 38.9 Å². The highest BCUT2D eigenvalue weighted by Gasteiger charge is 2.29. The first-order chi connectivity index (χ1) is 8.47. The number of rotatable bonds is 3. The Kier molecular flexibility index (Phi) is 3.82. The summed E-state index contributed by atoms with van der Waals surface area (Å²) in [5, 5.41) is 2.70. The van der Waals surface area contributed by atoms with Gasteiger partial charge in [-0.1, -0.05) is 73.1 Å². The standard InChI is InChI=1S/C17H21Br/c1-5-17(3,4)16(18)15-12(2)10-11-13-8-6-7-9-14(13)15/h6-11,16H,5H2,1-4H3. The number of hydrogen-bond acceptors (Lipinski definition) is 0. The van der Waals surface area contributed by atoms with Crippen molar-refractivity contribution in [2.75, 3.05) is 0 Å². The van der Waals surface area contributed by atoms with E-state index in [2.05, 4.69) is 80.0 Å². The van der Waals surface area contributed by atoms with Crippen LogP contribution in [0.1, 0.15) is 43.1 Å². The average Bonchev–Trinajstić information content (AvgIpc) is 2.38. The van der Waals surface area contributed by atoms with E-state index < -0.39 is 0 Å². The van der Waals surface area contributed by atoms with Crippen LogP contribution in [-0.2, 0) is 0 Å². The Bertz CT molecular complexity index is 555. The highest BCUT2D eigenvalue weighted by atomic mass is 79.9. The third kappa shape index (κ3) is 2.33. The highest BCUT2D eigenvalue weighted by Crippen LogP contribution is 2.46. The van der Waals surface area contributed by atoms with Crippen LogP contribution >= 0.6 is 15.9 Å². The molecule has 96 valence electrons. The van der Waals surface area contributed by atoms with Gasteiger partial charge in [0, 0.05) is 4.83 Å². The molecule has 0 saturated carbocycles. The van der Waals surface area contributed by atoms with Gasteiger partial charge in [-0.3, -0.25) is 0 Å². The molecule has 1 atom stereocenters. The molecule has 0 aromatic heterocycles. The lowest BCUT2D eigenvalue weighted by Crippen LogP contribution is -2.17. The fourth-order valence-corrected chi connectivity index (χ4v) is 3.24. The first-order valence-electron chi connectivity index (χ1n) is 6.59. The molecule has 0 radical (unpaired) electrons. The summed E-state index contributed by atoms with van der Waals surface area (Å²) in [4.78, 5) is 0.390. The van der Waals surface area contributed by atoms with Crippen molar-refractivity contribution >= 4 is 26.7 Å². The minimum absolute atomic E-state index is 0.259. The summed E-state index contributed by atoms with van der Waals surface area (Å²) in [7, 11) is 0. The third-order valence-corrected chi connectivity index (χ3v) is 5.74. The Morgan fingerprint density at radius 2 is 1.78 bits per heavy atom. The number of hydrogen-bond donors (Lipinski definition) is 0. The molecule has 0 bridgehead atoms. The molecular formula is C17H21Br. The zero-order valence-electron chi connectivity index (χ0n) is 11.6.